The lowest BCUT2D eigenvalue weighted by atomic mass is 9.49. The predicted octanol–water partition coefficient (Wildman–Crippen LogP) is 4.74. The number of fused-ring (bicyclic) bond motifs is 3. The van der Waals surface area contributed by atoms with Crippen molar-refractivity contribution in [2.75, 3.05) is 14.2 Å². The third-order valence-corrected chi connectivity index (χ3v) is 7.79. The Kier molecular flexibility index (Phi) is 5.63. The van der Waals surface area contributed by atoms with Crippen molar-refractivity contribution in [3.63, 3.8) is 0 Å². The van der Waals surface area contributed by atoms with Gasteiger partial charge in [0.05, 0.1) is 19.6 Å². The SMILES string of the molecule is COc1ccc(CNC(=O)[C@@]2(C)CCC[C@]3(C)c4cc(O)ccc4CC[C@@H]23)c(OC)c1. The van der Waals surface area contributed by atoms with E-state index in [1.165, 1.54) is 11.1 Å². The maximum absolute atomic E-state index is 13.6. The summed E-state index contributed by atoms with van der Waals surface area (Å²) >= 11 is 0. The number of hydrogen-bond acceptors (Lipinski definition) is 4. The van der Waals surface area contributed by atoms with Crippen LogP contribution in [0.3, 0.4) is 0 Å². The Bertz CT molecular complexity index is 987. The van der Waals surface area contributed by atoms with Crippen LogP contribution in [0.25, 0.3) is 0 Å². The molecule has 2 aromatic carbocycles. The summed E-state index contributed by atoms with van der Waals surface area (Å²) in [5.41, 5.74) is 2.91. The van der Waals surface area contributed by atoms with Crippen molar-refractivity contribution in [2.24, 2.45) is 11.3 Å². The highest BCUT2D eigenvalue weighted by molar-refractivity contribution is 5.83. The Morgan fingerprint density at radius 3 is 2.68 bits per heavy atom. The highest BCUT2D eigenvalue weighted by atomic mass is 16.5. The summed E-state index contributed by atoms with van der Waals surface area (Å²) < 4.78 is 10.8. The number of carbonyl (C=O) groups is 1. The van der Waals surface area contributed by atoms with Gasteiger partial charge >= 0.3 is 0 Å². The molecule has 2 N–H and O–H groups in total. The molecular formula is C26H33NO4. The molecule has 0 bridgehead atoms. The fourth-order valence-corrected chi connectivity index (χ4v) is 6.09. The Labute approximate surface area is 184 Å². The van der Waals surface area contributed by atoms with E-state index in [-0.39, 0.29) is 17.2 Å². The second-order valence-corrected chi connectivity index (χ2v) is 9.48. The smallest absolute Gasteiger partial charge is 0.226 e. The van der Waals surface area contributed by atoms with Crippen LogP contribution in [-0.2, 0) is 23.2 Å². The highest BCUT2D eigenvalue weighted by Crippen LogP contribution is 2.57. The number of nitrogens with one attached hydrogen (secondary N) is 1. The van der Waals surface area contributed by atoms with Crippen LogP contribution in [0.1, 0.15) is 56.2 Å². The van der Waals surface area contributed by atoms with Gasteiger partial charge in [-0.15, -0.1) is 0 Å². The van der Waals surface area contributed by atoms with Crippen molar-refractivity contribution >= 4 is 5.91 Å². The number of rotatable bonds is 5. The van der Waals surface area contributed by atoms with E-state index in [9.17, 15) is 9.90 Å². The number of carbonyl (C=O) groups excluding carboxylic acids is 1. The number of hydrogen-bond donors (Lipinski definition) is 2. The molecule has 1 amide bonds. The van der Waals surface area contributed by atoms with Gasteiger partial charge in [0.25, 0.3) is 0 Å². The molecule has 2 aromatic rings. The summed E-state index contributed by atoms with van der Waals surface area (Å²) in [7, 11) is 3.25. The molecule has 1 saturated carbocycles. The molecule has 0 heterocycles. The zero-order valence-corrected chi connectivity index (χ0v) is 19.0. The summed E-state index contributed by atoms with van der Waals surface area (Å²) in [6.45, 7) is 4.83. The van der Waals surface area contributed by atoms with Crippen molar-refractivity contribution < 1.29 is 19.4 Å². The van der Waals surface area contributed by atoms with Crippen LogP contribution >= 0.6 is 0 Å². The minimum Gasteiger partial charge on any atom is -0.508 e. The zero-order valence-electron chi connectivity index (χ0n) is 19.0. The van der Waals surface area contributed by atoms with Gasteiger partial charge in [-0.25, -0.2) is 0 Å². The quantitative estimate of drug-likeness (QED) is 0.729. The van der Waals surface area contributed by atoms with E-state index in [1.54, 1.807) is 20.3 Å². The van der Waals surface area contributed by atoms with Crippen LogP contribution in [0.5, 0.6) is 17.2 Å². The van der Waals surface area contributed by atoms with Gasteiger partial charge in [-0.1, -0.05) is 26.3 Å². The number of ether oxygens (including phenoxy) is 2. The normalized spacial score (nSPS) is 27.0. The number of aryl methyl sites for hydroxylation is 1. The fraction of sp³-hybridized carbons (Fsp3) is 0.500. The molecule has 0 aliphatic heterocycles. The standard InChI is InChI=1S/C26H33NO4/c1-25-12-5-13-26(2,23(25)11-8-17-6-9-19(28)14-21(17)25)24(29)27-16-18-7-10-20(30-3)15-22(18)31-4/h6-7,9-10,14-15,23,28H,5,8,11-13,16H2,1-4H3,(H,27,29)/t23-,25-,26+/m1/s1. The molecule has 0 spiro atoms. The van der Waals surface area contributed by atoms with Crippen LogP contribution in [0.2, 0.25) is 0 Å². The second kappa shape index (κ2) is 8.10. The van der Waals surface area contributed by atoms with Crippen LogP contribution in [0.15, 0.2) is 36.4 Å². The number of phenolic OH excluding ortho intramolecular Hbond substituents is 1. The van der Waals surface area contributed by atoms with Crippen LogP contribution in [0.4, 0.5) is 0 Å². The van der Waals surface area contributed by atoms with E-state index in [0.29, 0.717) is 18.0 Å². The van der Waals surface area contributed by atoms with E-state index in [1.807, 2.05) is 30.3 Å². The monoisotopic (exact) mass is 423 g/mol. The molecule has 166 valence electrons. The summed E-state index contributed by atoms with van der Waals surface area (Å²) in [5, 5.41) is 13.3. The van der Waals surface area contributed by atoms with Gasteiger partial charge in [0.1, 0.15) is 17.2 Å². The van der Waals surface area contributed by atoms with E-state index in [2.05, 4.69) is 19.2 Å². The van der Waals surface area contributed by atoms with Gasteiger partial charge < -0.3 is 19.9 Å². The first-order valence-corrected chi connectivity index (χ1v) is 11.1. The van der Waals surface area contributed by atoms with Gasteiger partial charge in [0.15, 0.2) is 0 Å². The number of aromatic hydroxyl groups is 1. The second-order valence-electron chi connectivity index (χ2n) is 9.48. The van der Waals surface area contributed by atoms with Crippen molar-refractivity contribution in [3.05, 3.63) is 53.1 Å². The van der Waals surface area contributed by atoms with Crippen molar-refractivity contribution in [2.45, 2.75) is 57.9 Å². The Morgan fingerprint density at radius 1 is 1.13 bits per heavy atom. The topological polar surface area (TPSA) is 67.8 Å². The minimum atomic E-state index is -0.449. The molecule has 5 nitrogen and oxygen atoms in total. The summed E-state index contributed by atoms with van der Waals surface area (Å²) in [4.78, 5) is 13.6. The summed E-state index contributed by atoms with van der Waals surface area (Å²) in [6.07, 6.45) is 4.86. The molecule has 31 heavy (non-hydrogen) atoms. The van der Waals surface area contributed by atoms with Crippen molar-refractivity contribution in [1.29, 1.82) is 0 Å². The zero-order chi connectivity index (χ0) is 22.2. The highest BCUT2D eigenvalue weighted by Gasteiger charge is 2.54. The van der Waals surface area contributed by atoms with Crippen molar-refractivity contribution in [1.82, 2.24) is 5.32 Å². The molecule has 0 unspecified atom stereocenters. The molecule has 2 aliphatic carbocycles. The Hall–Kier alpha value is -2.69. The number of benzene rings is 2. The molecule has 1 fully saturated rings. The molecule has 0 radical (unpaired) electrons. The lowest BCUT2D eigenvalue weighted by Crippen LogP contribution is -2.55. The first kappa shape index (κ1) is 21.5. The van der Waals surface area contributed by atoms with Gasteiger partial charge in [0.2, 0.25) is 5.91 Å². The molecule has 0 saturated heterocycles. The Balaban J connectivity index is 1.57. The Morgan fingerprint density at radius 2 is 1.94 bits per heavy atom. The van der Waals surface area contributed by atoms with Crippen LogP contribution < -0.4 is 14.8 Å². The third-order valence-electron chi connectivity index (χ3n) is 7.79. The van der Waals surface area contributed by atoms with Crippen LogP contribution in [-0.4, -0.2) is 25.2 Å². The molecule has 0 aromatic heterocycles. The van der Waals surface area contributed by atoms with E-state index in [0.717, 1.165) is 43.4 Å². The average molecular weight is 424 g/mol. The van der Waals surface area contributed by atoms with Crippen LogP contribution in [0, 0.1) is 11.3 Å². The number of amides is 1. The average Bonchev–Trinajstić information content (AvgIpc) is 2.77. The maximum atomic E-state index is 13.6. The van der Waals surface area contributed by atoms with Crippen molar-refractivity contribution in [3.8, 4) is 17.2 Å². The molecule has 3 atom stereocenters. The maximum Gasteiger partial charge on any atom is 0.226 e. The van der Waals surface area contributed by atoms with Gasteiger partial charge in [-0.05, 0) is 72.4 Å². The summed E-state index contributed by atoms with van der Waals surface area (Å²) in [5.74, 6) is 2.08. The van der Waals surface area contributed by atoms with E-state index >= 15 is 0 Å². The van der Waals surface area contributed by atoms with E-state index < -0.39 is 5.41 Å². The summed E-state index contributed by atoms with van der Waals surface area (Å²) in [6, 6.07) is 11.4. The largest absolute Gasteiger partial charge is 0.508 e. The van der Waals surface area contributed by atoms with Gasteiger partial charge in [-0.3, -0.25) is 4.79 Å². The fourth-order valence-electron chi connectivity index (χ4n) is 6.09. The number of methoxy groups -OCH3 is 2. The molecule has 2 aliphatic rings. The number of phenols is 1. The third kappa shape index (κ3) is 3.64. The molecular weight excluding hydrogens is 390 g/mol. The minimum absolute atomic E-state index is 0.102. The first-order valence-electron chi connectivity index (χ1n) is 11.1. The molecule has 4 rings (SSSR count). The van der Waals surface area contributed by atoms with E-state index in [4.69, 9.17) is 9.47 Å². The lowest BCUT2D eigenvalue weighted by molar-refractivity contribution is -0.139. The predicted molar refractivity (Wildman–Crippen MR) is 121 cm³/mol. The van der Waals surface area contributed by atoms with Gasteiger partial charge in [-0.2, -0.15) is 0 Å². The first-order chi connectivity index (χ1) is 14.8. The van der Waals surface area contributed by atoms with Gasteiger partial charge in [0, 0.05) is 18.2 Å². The lowest BCUT2D eigenvalue weighted by Gasteiger charge is -2.54. The molecule has 5 heteroatoms.